The summed E-state index contributed by atoms with van der Waals surface area (Å²) in [5, 5.41) is 13.3. The van der Waals surface area contributed by atoms with Gasteiger partial charge in [0.1, 0.15) is 6.21 Å². The number of rotatable bonds is 2. The van der Waals surface area contributed by atoms with E-state index in [1.54, 1.807) is 0 Å². The van der Waals surface area contributed by atoms with Gasteiger partial charge in [0.15, 0.2) is 0 Å². The van der Waals surface area contributed by atoms with Gasteiger partial charge in [-0.2, -0.15) is 0 Å². The van der Waals surface area contributed by atoms with Crippen molar-refractivity contribution in [2.45, 2.75) is 6.92 Å². The minimum Gasteiger partial charge on any atom is -0.411 e. The van der Waals surface area contributed by atoms with Gasteiger partial charge in [0.25, 0.3) is 5.91 Å². The predicted molar refractivity (Wildman–Crippen MR) is 57.8 cm³/mol. The Morgan fingerprint density at radius 1 is 1.64 bits per heavy atom. The summed E-state index contributed by atoms with van der Waals surface area (Å²) in [4.78, 5) is 11.0. The Morgan fingerprint density at radius 2 is 2.36 bits per heavy atom. The lowest BCUT2D eigenvalue weighted by atomic mass is 10.2. The molecule has 0 aliphatic carbocycles. The zero-order chi connectivity index (χ0) is 10.6. The number of anilines is 1. The van der Waals surface area contributed by atoms with Crippen LogP contribution in [-0.4, -0.2) is 17.3 Å². The number of amides is 1. The third kappa shape index (κ3) is 2.85. The van der Waals surface area contributed by atoms with Gasteiger partial charge in [-0.05, 0) is 40.5 Å². The summed E-state index contributed by atoms with van der Waals surface area (Å²) in [6.07, 6.45) is 0.800. The van der Waals surface area contributed by atoms with Crippen LogP contribution in [0.2, 0.25) is 0 Å². The SMILES string of the molecule is Cc1ccc(Br)c(NC(=O)/C=N/O)c1. The number of oxime groups is 1. The van der Waals surface area contributed by atoms with Crippen molar-refractivity contribution in [3.63, 3.8) is 0 Å². The lowest BCUT2D eigenvalue weighted by Gasteiger charge is -2.05. The highest BCUT2D eigenvalue weighted by Crippen LogP contribution is 2.22. The van der Waals surface area contributed by atoms with E-state index < -0.39 is 5.91 Å². The quantitative estimate of drug-likeness (QED) is 0.484. The second-order valence-electron chi connectivity index (χ2n) is 2.72. The molecule has 74 valence electrons. The summed E-state index contributed by atoms with van der Waals surface area (Å²) in [5.41, 5.74) is 1.68. The van der Waals surface area contributed by atoms with Crippen LogP contribution in [0, 0.1) is 6.92 Å². The van der Waals surface area contributed by atoms with E-state index in [4.69, 9.17) is 5.21 Å². The largest absolute Gasteiger partial charge is 0.411 e. The van der Waals surface area contributed by atoms with E-state index >= 15 is 0 Å². The third-order valence-corrected chi connectivity index (χ3v) is 2.25. The standard InChI is InChI=1S/C9H9BrN2O2/c1-6-2-3-7(10)8(4-6)12-9(13)5-11-14/h2-5,14H,1H3,(H,12,13)/b11-5+. The van der Waals surface area contributed by atoms with Crippen LogP contribution in [0.25, 0.3) is 0 Å². The molecule has 0 atom stereocenters. The van der Waals surface area contributed by atoms with Crippen molar-refractivity contribution >= 4 is 33.7 Å². The highest BCUT2D eigenvalue weighted by Gasteiger charge is 2.03. The molecular weight excluding hydrogens is 248 g/mol. The first kappa shape index (κ1) is 10.7. The van der Waals surface area contributed by atoms with Gasteiger partial charge in [-0.15, -0.1) is 0 Å². The molecule has 1 amide bonds. The molecule has 0 spiro atoms. The van der Waals surface area contributed by atoms with Crippen LogP contribution in [0.5, 0.6) is 0 Å². The van der Waals surface area contributed by atoms with Gasteiger partial charge >= 0.3 is 0 Å². The second-order valence-corrected chi connectivity index (χ2v) is 3.57. The molecule has 1 aromatic carbocycles. The Kier molecular flexibility index (Phi) is 3.64. The van der Waals surface area contributed by atoms with Crippen LogP contribution < -0.4 is 5.32 Å². The first-order chi connectivity index (χ1) is 6.63. The fourth-order valence-corrected chi connectivity index (χ4v) is 1.30. The topological polar surface area (TPSA) is 61.7 Å². The van der Waals surface area contributed by atoms with E-state index in [0.717, 1.165) is 16.3 Å². The molecule has 1 rings (SSSR count). The summed E-state index contributed by atoms with van der Waals surface area (Å²) in [5.74, 6) is -0.473. The molecular formula is C9H9BrN2O2. The Hall–Kier alpha value is -1.36. The Balaban J connectivity index is 2.85. The number of carbonyl (C=O) groups excluding carboxylic acids is 1. The molecule has 0 fully saturated rings. The summed E-state index contributed by atoms with van der Waals surface area (Å²) in [6, 6.07) is 5.56. The van der Waals surface area contributed by atoms with Crippen LogP contribution in [0.1, 0.15) is 5.56 Å². The van der Waals surface area contributed by atoms with Crippen molar-refractivity contribution in [1.82, 2.24) is 0 Å². The van der Waals surface area contributed by atoms with Gasteiger partial charge < -0.3 is 10.5 Å². The zero-order valence-electron chi connectivity index (χ0n) is 7.49. The molecule has 0 aliphatic rings. The number of benzene rings is 1. The van der Waals surface area contributed by atoms with Gasteiger partial charge in [0, 0.05) is 4.47 Å². The van der Waals surface area contributed by atoms with Crippen molar-refractivity contribution in [2.75, 3.05) is 5.32 Å². The summed E-state index contributed by atoms with van der Waals surface area (Å²) in [6.45, 7) is 1.92. The zero-order valence-corrected chi connectivity index (χ0v) is 9.08. The number of aryl methyl sites for hydroxylation is 1. The third-order valence-electron chi connectivity index (χ3n) is 1.55. The summed E-state index contributed by atoms with van der Waals surface area (Å²) >= 11 is 3.29. The van der Waals surface area contributed by atoms with Gasteiger partial charge in [0.05, 0.1) is 5.69 Å². The molecule has 0 saturated heterocycles. The number of halogens is 1. The highest BCUT2D eigenvalue weighted by atomic mass is 79.9. The maximum Gasteiger partial charge on any atom is 0.270 e. The number of carbonyl (C=O) groups is 1. The first-order valence-corrected chi connectivity index (χ1v) is 4.67. The van der Waals surface area contributed by atoms with Crippen molar-refractivity contribution < 1.29 is 10.0 Å². The fourth-order valence-electron chi connectivity index (χ4n) is 0.952. The van der Waals surface area contributed by atoms with E-state index in [0.29, 0.717) is 5.69 Å². The minimum atomic E-state index is -0.473. The minimum absolute atomic E-state index is 0.473. The molecule has 1 aromatic rings. The number of hydrogen-bond acceptors (Lipinski definition) is 3. The smallest absolute Gasteiger partial charge is 0.270 e. The van der Waals surface area contributed by atoms with Crippen molar-refractivity contribution in [2.24, 2.45) is 5.16 Å². The molecule has 2 N–H and O–H groups in total. The molecule has 0 saturated carbocycles. The molecule has 14 heavy (non-hydrogen) atoms. The van der Waals surface area contributed by atoms with Gasteiger partial charge in [-0.25, -0.2) is 0 Å². The Morgan fingerprint density at radius 3 is 3.00 bits per heavy atom. The second kappa shape index (κ2) is 4.76. The Labute approximate surface area is 89.7 Å². The molecule has 0 radical (unpaired) electrons. The van der Waals surface area contributed by atoms with Gasteiger partial charge in [0.2, 0.25) is 0 Å². The van der Waals surface area contributed by atoms with E-state index in [-0.39, 0.29) is 0 Å². The van der Waals surface area contributed by atoms with E-state index in [2.05, 4.69) is 26.4 Å². The average Bonchev–Trinajstić information content (AvgIpc) is 2.12. The number of nitrogens with zero attached hydrogens (tertiary/aromatic N) is 1. The van der Waals surface area contributed by atoms with E-state index in [9.17, 15) is 4.79 Å². The molecule has 0 heterocycles. The normalized spacial score (nSPS) is 10.4. The van der Waals surface area contributed by atoms with Crippen molar-refractivity contribution in [3.8, 4) is 0 Å². The lowest BCUT2D eigenvalue weighted by molar-refractivity contribution is -0.110. The summed E-state index contributed by atoms with van der Waals surface area (Å²) < 4.78 is 0.780. The Bertz CT molecular complexity index is 377. The maximum atomic E-state index is 11.0. The molecule has 0 aromatic heterocycles. The lowest BCUT2D eigenvalue weighted by Crippen LogP contribution is -2.12. The van der Waals surface area contributed by atoms with Crippen LogP contribution in [0.4, 0.5) is 5.69 Å². The van der Waals surface area contributed by atoms with E-state index in [1.807, 2.05) is 25.1 Å². The molecule has 0 unspecified atom stereocenters. The predicted octanol–water partition coefficient (Wildman–Crippen LogP) is 2.16. The molecule has 0 aliphatic heterocycles. The number of hydrogen-bond donors (Lipinski definition) is 2. The highest BCUT2D eigenvalue weighted by molar-refractivity contribution is 9.10. The molecule has 4 nitrogen and oxygen atoms in total. The average molecular weight is 257 g/mol. The van der Waals surface area contributed by atoms with Gasteiger partial charge in [-0.3, -0.25) is 4.79 Å². The van der Waals surface area contributed by atoms with Gasteiger partial charge in [-0.1, -0.05) is 11.2 Å². The van der Waals surface area contributed by atoms with Crippen LogP contribution in [0.3, 0.4) is 0 Å². The number of nitrogens with one attached hydrogen (secondary N) is 1. The van der Waals surface area contributed by atoms with Crippen molar-refractivity contribution in [1.29, 1.82) is 0 Å². The van der Waals surface area contributed by atoms with Crippen LogP contribution in [-0.2, 0) is 4.79 Å². The van der Waals surface area contributed by atoms with Crippen molar-refractivity contribution in [3.05, 3.63) is 28.2 Å². The van der Waals surface area contributed by atoms with E-state index in [1.165, 1.54) is 0 Å². The summed E-state index contributed by atoms with van der Waals surface area (Å²) in [7, 11) is 0. The van der Waals surface area contributed by atoms with Crippen LogP contribution in [0.15, 0.2) is 27.8 Å². The molecule has 0 bridgehead atoms. The van der Waals surface area contributed by atoms with Crippen LogP contribution >= 0.6 is 15.9 Å². The first-order valence-electron chi connectivity index (χ1n) is 3.88. The monoisotopic (exact) mass is 256 g/mol. The fraction of sp³-hybridized carbons (Fsp3) is 0.111. The molecule has 5 heteroatoms. The maximum absolute atomic E-state index is 11.0.